The number of halogens is 2. The number of hydrogen-bond donors (Lipinski definition) is 1. The smallest absolute Gasteiger partial charge is 0.261 e. The van der Waals surface area contributed by atoms with Gasteiger partial charge in [-0.2, -0.15) is 0 Å². The monoisotopic (exact) mass is 250 g/mol. The van der Waals surface area contributed by atoms with Crippen molar-refractivity contribution in [2.45, 2.75) is 58.4 Å². The molecule has 0 aromatic rings. The fraction of sp³-hybridized carbons (Fsp3) is 1.00. The molecule has 0 saturated carbocycles. The first-order valence-electron chi connectivity index (χ1n) is 6.83. The van der Waals surface area contributed by atoms with E-state index in [4.69, 9.17) is 0 Å². The lowest BCUT2D eigenvalue weighted by molar-refractivity contribution is 0.0206. The Morgan fingerprint density at radius 1 is 1.29 bits per heavy atom. The van der Waals surface area contributed by atoms with Crippen molar-refractivity contribution >= 4 is 0 Å². The molecule has 1 rings (SSSR count). The molecule has 2 nitrogen and oxygen atoms in total. The Balaban J connectivity index is 0.00000121. The van der Waals surface area contributed by atoms with E-state index in [-0.39, 0.29) is 19.0 Å². The highest BCUT2D eigenvalue weighted by Gasteiger charge is 2.38. The summed E-state index contributed by atoms with van der Waals surface area (Å²) in [5, 5.41) is 2.88. The maximum absolute atomic E-state index is 12.8. The van der Waals surface area contributed by atoms with Crippen molar-refractivity contribution in [2.75, 3.05) is 26.7 Å². The Morgan fingerprint density at radius 3 is 2.41 bits per heavy atom. The number of alkyl halides is 2. The highest BCUT2D eigenvalue weighted by atomic mass is 19.3. The largest absolute Gasteiger partial charge is 0.308 e. The SMILES string of the molecule is CC.CCCCN(C)CCC1CC(F)(F)CN1. The molecule has 0 spiro atoms. The molecule has 4 heteroatoms. The Hall–Kier alpha value is -0.220. The Labute approximate surface area is 105 Å². The topological polar surface area (TPSA) is 15.3 Å². The molecule has 1 atom stereocenters. The minimum atomic E-state index is -2.48. The third kappa shape index (κ3) is 7.66. The quantitative estimate of drug-likeness (QED) is 0.779. The maximum atomic E-state index is 12.8. The molecule has 0 radical (unpaired) electrons. The van der Waals surface area contributed by atoms with Gasteiger partial charge in [0.25, 0.3) is 5.92 Å². The summed E-state index contributed by atoms with van der Waals surface area (Å²) in [5.74, 6) is -2.48. The van der Waals surface area contributed by atoms with Crippen molar-refractivity contribution in [3.8, 4) is 0 Å². The van der Waals surface area contributed by atoms with E-state index >= 15 is 0 Å². The van der Waals surface area contributed by atoms with Crippen LogP contribution < -0.4 is 5.32 Å². The zero-order chi connectivity index (χ0) is 13.3. The highest BCUT2D eigenvalue weighted by Crippen LogP contribution is 2.26. The molecule has 1 saturated heterocycles. The van der Waals surface area contributed by atoms with Crippen molar-refractivity contribution in [3.05, 3.63) is 0 Å². The lowest BCUT2D eigenvalue weighted by atomic mass is 10.1. The fourth-order valence-electron chi connectivity index (χ4n) is 1.92. The van der Waals surface area contributed by atoms with Gasteiger partial charge in [0.05, 0.1) is 6.54 Å². The van der Waals surface area contributed by atoms with Crippen LogP contribution >= 0.6 is 0 Å². The van der Waals surface area contributed by atoms with Crippen LogP contribution in [0.15, 0.2) is 0 Å². The maximum Gasteiger partial charge on any atom is 0.261 e. The van der Waals surface area contributed by atoms with Crippen LogP contribution in [-0.4, -0.2) is 43.5 Å². The van der Waals surface area contributed by atoms with Gasteiger partial charge in [0.2, 0.25) is 0 Å². The van der Waals surface area contributed by atoms with Crippen molar-refractivity contribution in [2.24, 2.45) is 0 Å². The van der Waals surface area contributed by atoms with Gasteiger partial charge in [-0.15, -0.1) is 0 Å². The second-order valence-electron chi connectivity index (χ2n) is 4.58. The molecule has 1 unspecified atom stereocenters. The predicted octanol–water partition coefficient (Wildman–Crippen LogP) is 3.13. The molecule has 1 aliphatic rings. The lowest BCUT2D eigenvalue weighted by Crippen LogP contribution is -2.29. The highest BCUT2D eigenvalue weighted by molar-refractivity contribution is 4.87. The van der Waals surface area contributed by atoms with Crippen molar-refractivity contribution in [1.29, 1.82) is 0 Å². The van der Waals surface area contributed by atoms with Gasteiger partial charge in [-0.05, 0) is 33.0 Å². The molecule has 0 aliphatic carbocycles. The molecular weight excluding hydrogens is 222 g/mol. The minimum Gasteiger partial charge on any atom is -0.308 e. The zero-order valence-corrected chi connectivity index (χ0v) is 11.7. The van der Waals surface area contributed by atoms with E-state index in [1.54, 1.807) is 0 Å². The summed E-state index contributed by atoms with van der Waals surface area (Å²) in [5.41, 5.74) is 0. The summed E-state index contributed by atoms with van der Waals surface area (Å²) in [6.07, 6.45) is 3.21. The first-order chi connectivity index (χ1) is 8.03. The first-order valence-corrected chi connectivity index (χ1v) is 6.83. The van der Waals surface area contributed by atoms with Gasteiger partial charge >= 0.3 is 0 Å². The number of nitrogens with one attached hydrogen (secondary N) is 1. The Bertz CT molecular complexity index is 186. The molecule has 1 N–H and O–H groups in total. The van der Waals surface area contributed by atoms with E-state index in [1.165, 1.54) is 12.8 Å². The third-order valence-corrected chi connectivity index (χ3v) is 2.95. The zero-order valence-electron chi connectivity index (χ0n) is 11.7. The molecule has 0 amide bonds. The standard InChI is InChI=1S/C11H22F2N2.C2H6/c1-3-4-6-15(2)7-5-10-8-11(12,13)9-14-10;1-2/h10,14H,3-9H2,1-2H3;1-2H3. The molecule has 17 heavy (non-hydrogen) atoms. The predicted molar refractivity (Wildman–Crippen MR) is 69.7 cm³/mol. The van der Waals surface area contributed by atoms with E-state index in [0.717, 1.165) is 19.5 Å². The molecule has 1 aliphatic heterocycles. The summed E-state index contributed by atoms with van der Waals surface area (Å²) in [6.45, 7) is 8.00. The Kier molecular flexibility index (Phi) is 8.70. The fourth-order valence-corrected chi connectivity index (χ4v) is 1.92. The van der Waals surface area contributed by atoms with Crippen LogP contribution in [0.5, 0.6) is 0 Å². The second kappa shape index (κ2) is 8.81. The second-order valence-corrected chi connectivity index (χ2v) is 4.58. The average molecular weight is 250 g/mol. The molecule has 1 fully saturated rings. The van der Waals surface area contributed by atoms with Crippen molar-refractivity contribution < 1.29 is 8.78 Å². The summed E-state index contributed by atoms with van der Waals surface area (Å²) in [6, 6.07) is 0.00377. The molecule has 0 aromatic carbocycles. The van der Waals surface area contributed by atoms with E-state index in [1.807, 2.05) is 13.8 Å². The number of rotatable bonds is 6. The summed E-state index contributed by atoms with van der Waals surface area (Å²) >= 11 is 0. The molecule has 0 bridgehead atoms. The number of hydrogen-bond acceptors (Lipinski definition) is 2. The molecule has 1 heterocycles. The molecule has 104 valence electrons. The van der Waals surface area contributed by atoms with Crippen LogP contribution in [0.1, 0.15) is 46.5 Å². The van der Waals surface area contributed by atoms with Crippen molar-refractivity contribution in [1.82, 2.24) is 10.2 Å². The third-order valence-electron chi connectivity index (χ3n) is 2.95. The van der Waals surface area contributed by atoms with E-state index < -0.39 is 5.92 Å². The van der Waals surface area contributed by atoms with Crippen molar-refractivity contribution in [3.63, 3.8) is 0 Å². The number of unbranched alkanes of at least 4 members (excludes halogenated alkanes) is 1. The van der Waals surface area contributed by atoms with E-state index in [0.29, 0.717) is 0 Å². The summed E-state index contributed by atoms with van der Waals surface area (Å²) in [7, 11) is 2.06. The lowest BCUT2D eigenvalue weighted by Gasteiger charge is -2.18. The minimum absolute atomic E-state index is 0.00377. The first kappa shape index (κ1) is 16.8. The van der Waals surface area contributed by atoms with Crippen LogP contribution in [0.4, 0.5) is 8.78 Å². The van der Waals surface area contributed by atoms with Gasteiger partial charge in [-0.3, -0.25) is 0 Å². The van der Waals surface area contributed by atoms with Gasteiger partial charge in [-0.25, -0.2) is 8.78 Å². The normalized spacial score (nSPS) is 22.4. The van der Waals surface area contributed by atoms with Gasteiger partial charge in [0.15, 0.2) is 0 Å². The van der Waals surface area contributed by atoms with Gasteiger partial charge in [0.1, 0.15) is 0 Å². The average Bonchev–Trinajstić information content (AvgIpc) is 2.66. The van der Waals surface area contributed by atoms with Crippen LogP contribution in [0, 0.1) is 0 Å². The van der Waals surface area contributed by atoms with Crippen LogP contribution in [-0.2, 0) is 0 Å². The molecule has 0 aromatic heterocycles. The van der Waals surface area contributed by atoms with Crippen LogP contribution in [0.2, 0.25) is 0 Å². The number of nitrogens with zero attached hydrogens (tertiary/aromatic N) is 1. The van der Waals surface area contributed by atoms with E-state index in [2.05, 4.69) is 24.2 Å². The van der Waals surface area contributed by atoms with Crippen LogP contribution in [0.25, 0.3) is 0 Å². The van der Waals surface area contributed by atoms with Gasteiger partial charge < -0.3 is 10.2 Å². The van der Waals surface area contributed by atoms with Gasteiger partial charge in [-0.1, -0.05) is 27.2 Å². The van der Waals surface area contributed by atoms with Crippen LogP contribution in [0.3, 0.4) is 0 Å². The summed E-state index contributed by atoms with van der Waals surface area (Å²) < 4.78 is 25.7. The van der Waals surface area contributed by atoms with Gasteiger partial charge in [0, 0.05) is 12.5 Å². The Morgan fingerprint density at radius 2 is 1.94 bits per heavy atom. The molecular formula is C13H28F2N2. The van der Waals surface area contributed by atoms with E-state index in [9.17, 15) is 8.78 Å². The summed E-state index contributed by atoms with van der Waals surface area (Å²) in [4.78, 5) is 2.22.